The van der Waals surface area contributed by atoms with Crippen molar-refractivity contribution in [2.24, 2.45) is 0 Å². The molecular weight excluding hydrogens is 316 g/mol. The lowest BCUT2D eigenvalue weighted by Gasteiger charge is -2.07. The second kappa shape index (κ2) is 6.21. The van der Waals surface area contributed by atoms with E-state index in [9.17, 15) is 4.79 Å². The number of benzene rings is 1. The van der Waals surface area contributed by atoms with Crippen molar-refractivity contribution in [1.82, 2.24) is 25.4 Å². The standard InChI is InChI=1S/C14H14N6O2S/c1-8-12(9(2)22-17-8)13(21)15-10-5-4-6-11(7-10)20-14(23-3)16-18-19-20/h4-7H,1-3H3,(H,15,21). The van der Waals surface area contributed by atoms with Crippen molar-refractivity contribution in [2.45, 2.75) is 19.0 Å². The highest BCUT2D eigenvalue weighted by molar-refractivity contribution is 7.98. The van der Waals surface area contributed by atoms with Crippen LogP contribution < -0.4 is 5.32 Å². The molecule has 3 aromatic rings. The van der Waals surface area contributed by atoms with Gasteiger partial charge in [-0.1, -0.05) is 23.0 Å². The van der Waals surface area contributed by atoms with E-state index in [2.05, 4.69) is 26.0 Å². The van der Waals surface area contributed by atoms with Gasteiger partial charge < -0.3 is 9.84 Å². The van der Waals surface area contributed by atoms with Crippen LogP contribution in [0.5, 0.6) is 0 Å². The van der Waals surface area contributed by atoms with Crippen LogP contribution in [-0.2, 0) is 0 Å². The predicted octanol–water partition coefficient (Wildman–Crippen LogP) is 2.24. The number of aromatic nitrogens is 5. The zero-order valence-electron chi connectivity index (χ0n) is 12.8. The van der Waals surface area contributed by atoms with Gasteiger partial charge in [-0.2, -0.15) is 4.68 Å². The molecule has 3 rings (SSSR count). The average Bonchev–Trinajstić information content (AvgIpc) is 3.14. The molecule has 0 unspecified atom stereocenters. The van der Waals surface area contributed by atoms with Gasteiger partial charge in [0, 0.05) is 5.69 Å². The van der Waals surface area contributed by atoms with Crippen LogP contribution >= 0.6 is 11.8 Å². The highest BCUT2D eigenvalue weighted by atomic mass is 32.2. The molecule has 0 saturated carbocycles. The van der Waals surface area contributed by atoms with Crippen molar-refractivity contribution in [3.05, 3.63) is 41.3 Å². The Bertz CT molecular complexity index is 837. The molecule has 9 heteroatoms. The monoisotopic (exact) mass is 330 g/mol. The van der Waals surface area contributed by atoms with Crippen LogP contribution in [0.3, 0.4) is 0 Å². The third-order valence-electron chi connectivity index (χ3n) is 3.23. The van der Waals surface area contributed by atoms with Crippen LogP contribution in [0.1, 0.15) is 21.8 Å². The van der Waals surface area contributed by atoms with Crippen LogP contribution in [0.2, 0.25) is 0 Å². The summed E-state index contributed by atoms with van der Waals surface area (Å²) < 4.78 is 6.63. The first-order chi connectivity index (χ1) is 11.1. The van der Waals surface area contributed by atoms with E-state index >= 15 is 0 Å². The highest BCUT2D eigenvalue weighted by Crippen LogP contribution is 2.20. The lowest BCUT2D eigenvalue weighted by Crippen LogP contribution is -2.14. The van der Waals surface area contributed by atoms with E-state index in [0.29, 0.717) is 27.9 Å². The van der Waals surface area contributed by atoms with Gasteiger partial charge in [-0.25, -0.2) is 0 Å². The molecule has 23 heavy (non-hydrogen) atoms. The number of tetrazole rings is 1. The molecule has 1 N–H and O–H groups in total. The molecule has 8 nitrogen and oxygen atoms in total. The molecule has 0 atom stereocenters. The number of carbonyl (C=O) groups is 1. The lowest BCUT2D eigenvalue weighted by atomic mass is 10.2. The number of amides is 1. The second-order valence-electron chi connectivity index (χ2n) is 4.78. The van der Waals surface area contributed by atoms with Crippen LogP contribution in [0.15, 0.2) is 33.9 Å². The molecule has 0 aliphatic rings. The van der Waals surface area contributed by atoms with Crippen molar-refractivity contribution < 1.29 is 9.32 Å². The van der Waals surface area contributed by atoms with E-state index in [1.165, 1.54) is 11.8 Å². The van der Waals surface area contributed by atoms with Gasteiger partial charge in [-0.05, 0) is 48.7 Å². The summed E-state index contributed by atoms with van der Waals surface area (Å²) in [6.45, 7) is 3.44. The van der Waals surface area contributed by atoms with E-state index in [0.717, 1.165) is 5.69 Å². The molecular formula is C14H14N6O2S. The Morgan fingerprint density at radius 3 is 2.87 bits per heavy atom. The zero-order chi connectivity index (χ0) is 16.4. The quantitative estimate of drug-likeness (QED) is 0.732. The maximum atomic E-state index is 12.4. The molecule has 0 aliphatic carbocycles. The summed E-state index contributed by atoms with van der Waals surface area (Å²) in [4.78, 5) is 12.4. The van der Waals surface area contributed by atoms with E-state index < -0.39 is 0 Å². The highest BCUT2D eigenvalue weighted by Gasteiger charge is 2.18. The van der Waals surface area contributed by atoms with Gasteiger partial charge in [0.25, 0.3) is 5.91 Å². The first-order valence-corrected chi connectivity index (χ1v) is 7.99. The summed E-state index contributed by atoms with van der Waals surface area (Å²) >= 11 is 1.44. The maximum Gasteiger partial charge on any atom is 0.261 e. The van der Waals surface area contributed by atoms with Crippen LogP contribution in [0, 0.1) is 13.8 Å². The number of anilines is 1. The van der Waals surface area contributed by atoms with Crippen molar-refractivity contribution in [3.8, 4) is 5.69 Å². The van der Waals surface area contributed by atoms with Gasteiger partial charge in [0.05, 0.1) is 11.4 Å². The minimum Gasteiger partial charge on any atom is -0.361 e. The van der Waals surface area contributed by atoms with Crippen LogP contribution in [0.25, 0.3) is 5.69 Å². The first-order valence-electron chi connectivity index (χ1n) is 6.77. The third kappa shape index (κ3) is 2.95. The smallest absolute Gasteiger partial charge is 0.261 e. The normalized spacial score (nSPS) is 10.7. The molecule has 0 fully saturated rings. The van der Waals surface area contributed by atoms with Gasteiger partial charge in [0.1, 0.15) is 11.3 Å². The fourth-order valence-corrected chi connectivity index (χ4v) is 2.62. The number of thioether (sulfide) groups is 1. The molecule has 1 amide bonds. The number of rotatable bonds is 4. The van der Waals surface area contributed by atoms with Crippen molar-refractivity contribution in [3.63, 3.8) is 0 Å². The fraction of sp³-hybridized carbons (Fsp3) is 0.214. The average molecular weight is 330 g/mol. The van der Waals surface area contributed by atoms with E-state index in [4.69, 9.17) is 4.52 Å². The largest absolute Gasteiger partial charge is 0.361 e. The van der Waals surface area contributed by atoms with Gasteiger partial charge in [0.2, 0.25) is 5.16 Å². The number of aryl methyl sites for hydroxylation is 2. The minimum atomic E-state index is -0.264. The van der Waals surface area contributed by atoms with Gasteiger partial charge in [-0.3, -0.25) is 4.79 Å². The molecule has 2 aromatic heterocycles. The Labute approximate surface area is 136 Å². The Balaban J connectivity index is 1.88. The van der Waals surface area contributed by atoms with Crippen molar-refractivity contribution in [1.29, 1.82) is 0 Å². The molecule has 1 aromatic carbocycles. The molecule has 118 valence electrons. The maximum absolute atomic E-state index is 12.4. The van der Waals surface area contributed by atoms with Crippen LogP contribution in [0.4, 0.5) is 5.69 Å². The number of carbonyl (C=O) groups excluding carboxylic acids is 1. The first kappa shape index (κ1) is 15.2. The summed E-state index contributed by atoms with van der Waals surface area (Å²) in [7, 11) is 0. The van der Waals surface area contributed by atoms with Crippen molar-refractivity contribution in [2.75, 3.05) is 11.6 Å². The Kier molecular flexibility index (Phi) is 4.11. The van der Waals surface area contributed by atoms with Gasteiger partial charge in [-0.15, -0.1) is 5.10 Å². The SMILES string of the molecule is CSc1nnnn1-c1cccc(NC(=O)c2c(C)noc2C)c1. The van der Waals surface area contributed by atoms with Gasteiger partial charge in [0.15, 0.2) is 0 Å². The van der Waals surface area contributed by atoms with E-state index in [1.54, 1.807) is 30.7 Å². The predicted molar refractivity (Wildman–Crippen MR) is 84.9 cm³/mol. The molecule has 0 radical (unpaired) electrons. The molecule has 0 spiro atoms. The zero-order valence-corrected chi connectivity index (χ0v) is 13.6. The summed E-state index contributed by atoms with van der Waals surface area (Å²) in [6, 6.07) is 7.28. The molecule has 0 aliphatic heterocycles. The van der Waals surface area contributed by atoms with Gasteiger partial charge >= 0.3 is 0 Å². The fourth-order valence-electron chi connectivity index (χ4n) is 2.18. The summed E-state index contributed by atoms with van der Waals surface area (Å²) in [5, 5.41) is 18.8. The third-order valence-corrected chi connectivity index (χ3v) is 3.85. The number of nitrogens with one attached hydrogen (secondary N) is 1. The summed E-state index contributed by atoms with van der Waals surface area (Å²) in [5.74, 6) is 0.224. The van der Waals surface area contributed by atoms with E-state index in [1.807, 2.05) is 18.4 Å². The molecule has 0 bridgehead atoms. The van der Waals surface area contributed by atoms with Crippen molar-refractivity contribution >= 4 is 23.4 Å². The molecule has 2 heterocycles. The second-order valence-corrected chi connectivity index (χ2v) is 5.55. The summed E-state index contributed by atoms with van der Waals surface area (Å²) in [5.41, 5.74) is 2.40. The number of hydrogen-bond acceptors (Lipinski definition) is 7. The number of hydrogen-bond donors (Lipinski definition) is 1. The molecule has 0 saturated heterocycles. The summed E-state index contributed by atoms with van der Waals surface area (Å²) in [6.07, 6.45) is 1.89. The Hall–Kier alpha value is -2.68. The topological polar surface area (TPSA) is 98.7 Å². The Morgan fingerprint density at radius 1 is 1.35 bits per heavy atom. The Morgan fingerprint density at radius 2 is 2.17 bits per heavy atom. The minimum absolute atomic E-state index is 0.264. The van der Waals surface area contributed by atoms with E-state index in [-0.39, 0.29) is 5.91 Å². The number of nitrogens with zero attached hydrogens (tertiary/aromatic N) is 5. The van der Waals surface area contributed by atoms with Crippen LogP contribution in [-0.4, -0.2) is 37.5 Å². The lowest BCUT2D eigenvalue weighted by molar-refractivity contribution is 0.102.